The van der Waals surface area contributed by atoms with Crippen LogP contribution in [0.25, 0.3) is 0 Å². The topological polar surface area (TPSA) is 29.1 Å². The molecule has 0 atom stereocenters. The van der Waals surface area contributed by atoms with Crippen molar-refractivity contribution in [1.82, 2.24) is 5.32 Å². The van der Waals surface area contributed by atoms with Crippen molar-refractivity contribution in [2.24, 2.45) is 0 Å². The molecule has 0 heterocycles. The van der Waals surface area contributed by atoms with Crippen LogP contribution in [0.2, 0.25) is 5.02 Å². The van der Waals surface area contributed by atoms with Crippen LogP contribution >= 0.6 is 35.1 Å². The fourth-order valence-electron chi connectivity index (χ4n) is 1.91. The Kier molecular flexibility index (Phi) is 7.86. The Morgan fingerprint density at radius 3 is 2.70 bits per heavy atom. The van der Waals surface area contributed by atoms with Crippen LogP contribution in [-0.4, -0.2) is 24.0 Å². The Balaban J connectivity index is 1.57. The van der Waals surface area contributed by atoms with Crippen LogP contribution in [-0.2, 0) is 10.5 Å². The van der Waals surface area contributed by atoms with Gasteiger partial charge >= 0.3 is 0 Å². The molecule has 0 bridgehead atoms. The maximum Gasteiger partial charge on any atom is 0.230 e. The predicted octanol–water partition coefficient (Wildman–Crippen LogP) is 4.79. The molecule has 0 aliphatic carbocycles. The van der Waals surface area contributed by atoms with E-state index in [4.69, 9.17) is 11.6 Å². The van der Waals surface area contributed by atoms with E-state index in [0.717, 1.165) is 21.4 Å². The zero-order valence-electron chi connectivity index (χ0n) is 13.0. The van der Waals surface area contributed by atoms with Gasteiger partial charge < -0.3 is 5.32 Å². The fraction of sp³-hybridized carbons (Fsp3) is 0.278. The van der Waals surface area contributed by atoms with Gasteiger partial charge in [-0.25, -0.2) is 0 Å². The number of thioether (sulfide) groups is 2. The van der Waals surface area contributed by atoms with Crippen molar-refractivity contribution in [2.75, 3.05) is 18.1 Å². The van der Waals surface area contributed by atoms with E-state index >= 15 is 0 Å². The maximum atomic E-state index is 11.8. The molecule has 23 heavy (non-hydrogen) atoms. The summed E-state index contributed by atoms with van der Waals surface area (Å²) in [6.45, 7) is 2.75. The van der Waals surface area contributed by atoms with Crippen LogP contribution in [0.4, 0.5) is 0 Å². The van der Waals surface area contributed by atoms with Crippen LogP contribution in [0.1, 0.15) is 11.1 Å². The molecule has 122 valence electrons. The van der Waals surface area contributed by atoms with Crippen molar-refractivity contribution in [3.63, 3.8) is 0 Å². The minimum absolute atomic E-state index is 0.0823. The average molecular weight is 366 g/mol. The van der Waals surface area contributed by atoms with E-state index in [1.54, 1.807) is 23.5 Å². The van der Waals surface area contributed by atoms with E-state index in [0.29, 0.717) is 12.3 Å². The number of aryl methyl sites for hydroxylation is 1. The molecule has 1 N–H and O–H groups in total. The van der Waals surface area contributed by atoms with Crippen molar-refractivity contribution in [1.29, 1.82) is 0 Å². The fourth-order valence-corrected chi connectivity index (χ4v) is 3.66. The summed E-state index contributed by atoms with van der Waals surface area (Å²) in [5, 5.41) is 3.72. The number of amides is 1. The molecule has 0 aromatic heterocycles. The third kappa shape index (κ3) is 7.34. The van der Waals surface area contributed by atoms with Gasteiger partial charge in [0.1, 0.15) is 0 Å². The Morgan fingerprint density at radius 1 is 1.17 bits per heavy atom. The summed E-state index contributed by atoms with van der Waals surface area (Å²) < 4.78 is 0. The van der Waals surface area contributed by atoms with Crippen LogP contribution < -0.4 is 5.32 Å². The number of hydrogen-bond donors (Lipinski definition) is 1. The number of rotatable bonds is 8. The van der Waals surface area contributed by atoms with Gasteiger partial charge in [0.25, 0.3) is 0 Å². The minimum atomic E-state index is 0.0823. The monoisotopic (exact) mass is 365 g/mol. The standard InChI is InChI=1S/C18H20ClNOS2/c1-14-5-7-17(8-6-14)23-13-18(21)20-9-10-22-12-15-3-2-4-16(19)11-15/h2-8,11H,9-10,12-13H2,1H3,(H,20,21). The van der Waals surface area contributed by atoms with Gasteiger partial charge in [-0.05, 0) is 36.8 Å². The molecule has 2 nitrogen and oxygen atoms in total. The molecule has 0 aliphatic heterocycles. The minimum Gasteiger partial charge on any atom is -0.355 e. The SMILES string of the molecule is Cc1ccc(SCC(=O)NCCSCc2cccc(Cl)c2)cc1. The highest BCUT2D eigenvalue weighted by atomic mass is 35.5. The second-order valence-electron chi connectivity index (χ2n) is 5.13. The van der Waals surface area contributed by atoms with Gasteiger partial charge in [0.2, 0.25) is 5.91 Å². The molecule has 0 radical (unpaired) electrons. The van der Waals surface area contributed by atoms with Gasteiger partial charge in [0.15, 0.2) is 0 Å². The van der Waals surface area contributed by atoms with E-state index in [1.165, 1.54) is 11.1 Å². The number of halogens is 1. The van der Waals surface area contributed by atoms with E-state index in [1.807, 2.05) is 30.3 Å². The molecule has 0 saturated heterocycles. The summed E-state index contributed by atoms with van der Waals surface area (Å²) in [4.78, 5) is 12.9. The largest absolute Gasteiger partial charge is 0.355 e. The number of benzene rings is 2. The van der Waals surface area contributed by atoms with Crippen LogP contribution in [0.3, 0.4) is 0 Å². The van der Waals surface area contributed by atoms with Gasteiger partial charge in [-0.3, -0.25) is 4.79 Å². The van der Waals surface area contributed by atoms with Crippen molar-refractivity contribution < 1.29 is 4.79 Å². The van der Waals surface area contributed by atoms with Crippen LogP contribution in [0.5, 0.6) is 0 Å². The Bertz CT molecular complexity index is 631. The normalized spacial score (nSPS) is 10.5. The molecule has 1 amide bonds. The summed E-state index contributed by atoms with van der Waals surface area (Å²) in [7, 11) is 0. The molecule has 2 rings (SSSR count). The molecule has 0 saturated carbocycles. The van der Waals surface area contributed by atoms with Crippen LogP contribution in [0.15, 0.2) is 53.4 Å². The molecule has 2 aromatic carbocycles. The highest BCUT2D eigenvalue weighted by molar-refractivity contribution is 8.00. The van der Waals surface area contributed by atoms with Crippen molar-refractivity contribution in [3.8, 4) is 0 Å². The first-order valence-corrected chi connectivity index (χ1v) is 9.93. The third-order valence-electron chi connectivity index (χ3n) is 3.12. The molecular weight excluding hydrogens is 346 g/mol. The van der Waals surface area contributed by atoms with E-state index in [-0.39, 0.29) is 5.91 Å². The van der Waals surface area contributed by atoms with E-state index in [2.05, 4.69) is 30.4 Å². The molecular formula is C18H20ClNOS2. The average Bonchev–Trinajstić information content (AvgIpc) is 2.54. The predicted molar refractivity (Wildman–Crippen MR) is 103 cm³/mol. The second-order valence-corrected chi connectivity index (χ2v) is 7.72. The van der Waals surface area contributed by atoms with Crippen LogP contribution in [0, 0.1) is 6.92 Å². The number of carbonyl (C=O) groups excluding carboxylic acids is 1. The van der Waals surface area contributed by atoms with Gasteiger partial charge in [-0.2, -0.15) is 11.8 Å². The molecule has 5 heteroatoms. The quantitative estimate of drug-likeness (QED) is 0.538. The number of hydrogen-bond acceptors (Lipinski definition) is 3. The highest BCUT2D eigenvalue weighted by Crippen LogP contribution is 2.18. The Morgan fingerprint density at radius 2 is 1.96 bits per heavy atom. The number of carbonyl (C=O) groups is 1. The van der Waals surface area contributed by atoms with Crippen molar-refractivity contribution >= 4 is 41.0 Å². The maximum absolute atomic E-state index is 11.8. The smallest absolute Gasteiger partial charge is 0.230 e. The van der Waals surface area contributed by atoms with E-state index < -0.39 is 0 Å². The third-order valence-corrected chi connectivity index (χ3v) is 5.39. The van der Waals surface area contributed by atoms with Gasteiger partial charge in [-0.15, -0.1) is 11.8 Å². The zero-order chi connectivity index (χ0) is 16.5. The summed E-state index contributed by atoms with van der Waals surface area (Å²) in [6.07, 6.45) is 0. The van der Waals surface area contributed by atoms with E-state index in [9.17, 15) is 4.79 Å². The summed E-state index contributed by atoms with van der Waals surface area (Å²) in [5.74, 6) is 2.35. The van der Waals surface area contributed by atoms with Gasteiger partial charge in [-0.1, -0.05) is 41.4 Å². The lowest BCUT2D eigenvalue weighted by Gasteiger charge is -2.06. The zero-order valence-corrected chi connectivity index (χ0v) is 15.4. The summed E-state index contributed by atoms with van der Waals surface area (Å²) in [6, 6.07) is 16.1. The first-order chi connectivity index (χ1) is 11.1. The van der Waals surface area contributed by atoms with Crippen molar-refractivity contribution in [3.05, 3.63) is 64.7 Å². The lowest BCUT2D eigenvalue weighted by atomic mass is 10.2. The molecule has 0 fully saturated rings. The number of nitrogens with one attached hydrogen (secondary N) is 1. The van der Waals surface area contributed by atoms with Crippen molar-refractivity contribution in [2.45, 2.75) is 17.6 Å². The summed E-state index contributed by atoms with van der Waals surface area (Å²) >= 11 is 9.31. The lowest BCUT2D eigenvalue weighted by Crippen LogP contribution is -2.27. The molecule has 2 aromatic rings. The second kappa shape index (κ2) is 9.91. The highest BCUT2D eigenvalue weighted by Gasteiger charge is 2.02. The van der Waals surface area contributed by atoms with Gasteiger partial charge in [0.05, 0.1) is 5.75 Å². The molecule has 0 unspecified atom stereocenters. The van der Waals surface area contributed by atoms with Gasteiger partial charge in [0, 0.05) is 28.0 Å². The Hall–Kier alpha value is -1.10. The first-order valence-electron chi connectivity index (χ1n) is 7.42. The summed E-state index contributed by atoms with van der Waals surface area (Å²) in [5.41, 5.74) is 2.44. The lowest BCUT2D eigenvalue weighted by molar-refractivity contribution is -0.118. The Labute approximate surface area is 151 Å². The first kappa shape index (κ1) is 18.2. The molecule has 0 spiro atoms. The molecule has 0 aliphatic rings.